The summed E-state index contributed by atoms with van der Waals surface area (Å²) in [6.07, 6.45) is 1.18. The lowest BCUT2D eigenvalue weighted by atomic mass is 9.84. The normalized spacial score (nSPS) is 23.0. The lowest BCUT2D eigenvalue weighted by Crippen LogP contribution is -2.35. The molecule has 3 nitrogen and oxygen atoms in total. The molecule has 112 valence electrons. The molecule has 2 aliphatic rings. The van der Waals surface area contributed by atoms with Crippen LogP contribution in [0.5, 0.6) is 11.5 Å². The smallest absolute Gasteiger partial charge is 0.170 e. The van der Waals surface area contributed by atoms with E-state index < -0.39 is 0 Å². The van der Waals surface area contributed by atoms with Gasteiger partial charge in [-0.3, -0.25) is 4.79 Å². The fourth-order valence-electron chi connectivity index (χ4n) is 3.30. The zero-order valence-electron chi connectivity index (χ0n) is 11.9. The van der Waals surface area contributed by atoms with Crippen molar-refractivity contribution in [3.05, 3.63) is 58.1 Å². The van der Waals surface area contributed by atoms with Gasteiger partial charge in [-0.2, -0.15) is 0 Å². The number of Topliss-reactive ketones (excluding diaryl/α,β-unsaturated/α-hetero) is 1. The first-order valence-corrected chi connectivity index (χ1v) is 8.23. The zero-order valence-corrected chi connectivity index (χ0v) is 13.5. The Morgan fingerprint density at radius 3 is 2.86 bits per heavy atom. The minimum atomic E-state index is -0.119. The number of para-hydroxylation sites is 1. The third-order valence-electron chi connectivity index (χ3n) is 4.36. The van der Waals surface area contributed by atoms with Crippen molar-refractivity contribution in [1.82, 2.24) is 0 Å². The largest absolute Gasteiger partial charge is 0.493 e. The number of carbonyl (C=O) groups excluding carboxylic acids is 1. The van der Waals surface area contributed by atoms with Crippen LogP contribution >= 0.6 is 15.9 Å². The number of fused-ring (bicyclic) bond motifs is 2. The maximum atomic E-state index is 12.5. The first kappa shape index (κ1) is 13.8. The van der Waals surface area contributed by atoms with E-state index in [2.05, 4.69) is 22.0 Å². The van der Waals surface area contributed by atoms with E-state index in [1.807, 2.05) is 36.4 Å². The SMILES string of the molecule is O=C1CC(C2CCOc3ccccc32)Oc2ccc(Br)cc21. The van der Waals surface area contributed by atoms with E-state index in [4.69, 9.17) is 9.47 Å². The molecule has 4 heteroatoms. The zero-order chi connectivity index (χ0) is 15.1. The van der Waals surface area contributed by atoms with Gasteiger partial charge in [0, 0.05) is 22.4 Å². The molecule has 0 amide bonds. The van der Waals surface area contributed by atoms with Gasteiger partial charge < -0.3 is 9.47 Å². The second-order valence-corrected chi connectivity index (χ2v) is 6.62. The third-order valence-corrected chi connectivity index (χ3v) is 4.85. The first-order chi connectivity index (χ1) is 10.7. The lowest BCUT2D eigenvalue weighted by Gasteiger charge is -2.35. The molecule has 0 aliphatic carbocycles. The van der Waals surface area contributed by atoms with Crippen molar-refractivity contribution in [3.8, 4) is 11.5 Å². The van der Waals surface area contributed by atoms with Gasteiger partial charge in [0.1, 0.15) is 17.6 Å². The Morgan fingerprint density at radius 2 is 1.95 bits per heavy atom. The second-order valence-electron chi connectivity index (χ2n) is 5.71. The molecule has 2 aromatic rings. The van der Waals surface area contributed by atoms with Gasteiger partial charge in [0.25, 0.3) is 0 Å². The van der Waals surface area contributed by atoms with Crippen molar-refractivity contribution in [2.45, 2.75) is 24.9 Å². The number of halogens is 1. The van der Waals surface area contributed by atoms with Crippen molar-refractivity contribution in [2.24, 2.45) is 0 Å². The van der Waals surface area contributed by atoms with Crippen LogP contribution in [0.25, 0.3) is 0 Å². The van der Waals surface area contributed by atoms with Crippen molar-refractivity contribution in [3.63, 3.8) is 0 Å². The summed E-state index contributed by atoms with van der Waals surface area (Å²) in [7, 11) is 0. The number of rotatable bonds is 1. The van der Waals surface area contributed by atoms with Crippen LogP contribution in [0.4, 0.5) is 0 Å². The molecule has 0 spiro atoms. The van der Waals surface area contributed by atoms with Gasteiger partial charge in [-0.15, -0.1) is 0 Å². The topological polar surface area (TPSA) is 35.5 Å². The summed E-state index contributed by atoms with van der Waals surface area (Å²) in [5.74, 6) is 1.95. The summed E-state index contributed by atoms with van der Waals surface area (Å²) in [5.41, 5.74) is 1.82. The van der Waals surface area contributed by atoms with Gasteiger partial charge in [-0.1, -0.05) is 34.1 Å². The van der Waals surface area contributed by atoms with Gasteiger partial charge in [0.2, 0.25) is 0 Å². The highest BCUT2D eigenvalue weighted by atomic mass is 79.9. The van der Waals surface area contributed by atoms with Crippen molar-refractivity contribution < 1.29 is 14.3 Å². The number of ether oxygens (including phenoxy) is 2. The van der Waals surface area contributed by atoms with Gasteiger partial charge in [0.15, 0.2) is 5.78 Å². The Balaban J connectivity index is 1.68. The fourth-order valence-corrected chi connectivity index (χ4v) is 3.66. The number of ketones is 1. The monoisotopic (exact) mass is 358 g/mol. The Labute approximate surface area is 137 Å². The van der Waals surface area contributed by atoms with Crippen molar-refractivity contribution >= 4 is 21.7 Å². The lowest BCUT2D eigenvalue weighted by molar-refractivity contribution is 0.0765. The van der Waals surface area contributed by atoms with Crippen molar-refractivity contribution in [2.75, 3.05) is 6.61 Å². The van der Waals surface area contributed by atoms with Crippen LogP contribution in [-0.4, -0.2) is 18.5 Å². The van der Waals surface area contributed by atoms with Crippen LogP contribution in [0.2, 0.25) is 0 Å². The maximum absolute atomic E-state index is 12.5. The molecule has 0 radical (unpaired) electrons. The number of benzene rings is 2. The highest BCUT2D eigenvalue weighted by Gasteiger charge is 2.36. The van der Waals surface area contributed by atoms with Crippen LogP contribution in [0.3, 0.4) is 0 Å². The van der Waals surface area contributed by atoms with Crippen molar-refractivity contribution in [1.29, 1.82) is 0 Å². The molecule has 2 aromatic carbocycles. The molecule has 0 fully saturated rings. The predicted molar refractivity (Wildman–Crippen MR) is 86.8 cm³/mol. The minimum Gasteiger partial charge on any atom is -0.493 e. The van der Waals surface area contributed by atoms with Gasteiger partial charge in [-0.05, 0) is 30.7 Å². The third kappa shape index (κ3) is 2.31. The van der Waals surface area contributed by atoms with E-state index >= 15 is 0 Å². The fraction of sp³-hybridized carbons (Fsp3) is 0.278. The van der Waals surface area contributed by atoms with E-state index in [0.29, 0.717) is 24.3 Å². The van der Waals surface area contributed by atoms with Crippen LogP contribution in [0, 0.1) is 0 Å². The average molecular weight is 359 g/mol. The summed E-state index contributed by atoms with van der Waals surface area (Å²) in [6.45, 7) is 0.670. The molecule has 2 unspecified atom stereocenters. The molecule has 4 rings (SSSR count). The summed E-state index contributed by atoms with van der Waals surface area (Å²) in [4.78, 5) is 12.5. The van der Waals surface area contributed by atoms with Gasteiger partial charge in [-0.25, -0.2) is 0 Å². The summed E-state index contributed by atoms with van der Waals surface area (Å²) < 4.78 is 12.8. The van der Waals surface area contributed by atoms with Crippen LogP contribution in [0.15, 0.2) is 46.9 Å². The van der Waals surface area contributed by atoms with E-state index in [9.17, 15) is 4.79 Å². The molecular formula is C18H15BrO3. The number of hydrogen-bond donors (Lipinski definition) is 0. The van der Waals surface area contributed by atoms with Crippen LogP contribution in [-0.2, 0) is 0 Å². The standard InChI is InChI=1S/C18H15BrO3/c19-11-5-6-17-14(9-11)15(20)10-18(22-17)13-7-8-21-16-4-2-1-3-12(13)16/h1-6,9,13,18H,7-8,10H2. The molecule has 2 aliphatic heterocycles. The van der Waals surface area contributed by atoms with Crippen LogP contribution < -0.4 is 9.47 Å². The molecule has 0 aromatic heterocycles. The predicted octanol–water partition coefficient (Wildman–Crippen LogP) is 4.35. The quantitative estimate of drug-likeness (QED) is 0.760. The average Bonchev–Trinajstić information content (AvgIpc) is 2.55. The summed E-state index contributed by atoms with van der Waals surface area (Å²) >= 11 is 3.41. The minimum absolute atomic E-state index is 0.119. The van der Waals surface area contributed by atoms with E-state index in [1.165, 1.54) is 0 Å². The number of hydrogen-bond acceptors (Lipinski definition) is 3. The Kier molecular flexibility index (Phi) is 3.41. The second kappa shape index (κ2) is 5.43. The van der Waals surface area contributed by atoms with E-state index in [1.54, 1.807) is 0 Å². The number of carbonyl (C=O) groups is 1. The van der Waals surface area contributed by atoms with Gasteiger partial charge >= 0.3 is 0 Å². The van der Waals surface area contributed by atoms with Crippen LogP contribution in [0.1, 0.15) is 34.7 Å². The molecule has 0 saturated carbocycles. The molecule has 22 heavy (non-hydrogen) atoms. The molecule has 0 N–H and O–H groups in total. The Morgan fingerprint density at radius 1 is 1.09 bits per heavy atom. The molecule has 0 bridgehead atoms. The molecular weight excluding hydrogens is 344 g/mol. The molecule has 2 atom stereocenters. The summed E-state index contributed by atoms with van der Waals surface area (Å²) in [6, 6.07) is 13.7. The van der Waals surface area contributed by atoms with E-state index in [-0.39, 0.29) is 17.8 Å². The van der Waals surface area contributed by atoms with Gasteiger partial charge in [0.05, 0.1) is 12.2 Å². The highest BCUT2D eigenvalue weighted by molar-refractivity contribution is 9.10. The summed E-state index contributed by atoms with van der Waals surface area (Å²) in [5, 5.41) is 0. The molecule has 2 heterocycles. The maximum Gasteiger partial charge on any atom is 0.170 e. The first-order valence-electron chi connectivity index (χ1n) is 7.43. The highest BCUT2D eigenvalue weighted by Crippen LogP contribution is 2.41. The Bertz CT molecular complexity index is 741. The Hall–Kier alpha value is -1.81. The molecule has 0 saturated heterocycles. The van der Waals surface area contributed by atoms with E-state index in [0.717, 1.165) is 22.2 Å².